The highest BCUT2D eigenvalue weighted by Crippen LogP contribution is 2.36. The lowest BCUT2D eigenvalue weighted by atomic mass is 9.98. The van der Waals surface area contributed by atoms with Crippen LogP contribution >= 0.6 is 0 Å². The summed E-state index contributed by atoms with van der Waals surface area (Å²) in [5.41, 5.74) is 1.34. The van der Waals surface area contributed by atoms with Crippen LogP contribution in [-0.2, 0) is 11.2 Å². The summed E-state index contributed by atoms with van der Waals surface area (Å²) in [5, 5.41) is 3.68. The van der Waals surface area contributed by atoms with Crippen molar-refractivity contribution in [2.75, 3.05) is 13.2 Å². The number of hydrogen-bond donors (Lipinski definition) is 1. The Morgan fingerprint density at radius 1 is 1.32 bits per heavy atom. The Labute approximate surface area is 116 Å². The molecule has 3 nitrogen and oxygen atoms in total. The van der Waals surface area contributed by atoms with E-state index in [0.717, 1.165) is 31.9 Å². The third-order valence-corrected chi connectivity index (χ3v) is 3.70. The van der Waals surface area contributed by atoms with Gasteiger partial charge in [0.2, 0.25) is 0 Å². The molecule has 1 heterocycles. The summed E-state index contributed by atoms with van der Waals surface area (Å²) in [6, 6.07) is 4.64. The predicted molar refractivity (Wildman–Crippen MR) is 78.2 cm³/mol. The first-order chi connectivity index (χ1) is 9.35. The van der Waals surface area contributed by atoms with E-state index < -0.39 is 0 Å². The molecule has 0 spiro atoms. The van der Waals surface area contributed by atoms with Crippen LogP contribution < -0.4 is 5.32 Å². The monoisotopic (exact) mass is 262 g/mol. The van der Waals surface area contributed by atoms with E-state index in [0.29, 0.717) is 12.1 Å². The molecular weight excluding hydrogens is 236 g/mol. The van der Waals surface area contributed by atoms with E-state index in [9.17, 15) is 0 Å². The van der Waals surface area contributed by atoms with Gasteiger partial charge in [0.05, 0.1) is 6.10 Å². The SMILES string of the molecule is CCCNC(Cc1ccncc1)C(OCC)C1CC1. The van der Waals surface area contributed by atoms with Gasteiger partial charge in [-0.3, -0.25) is 4.98 Å². The molecule has 2 rings (SSSR count). The van der Waals surface area contributed by atoms with Crippen LogP contribution in [0.2, 0.25) is 0 Å². The van der Waals surface area contributed by atoms with Crippen LogP contribution in [0.3, 0.4) is 0 Å². The zero-order chi connectivity index (χ0) is 13.5. The van der Waals surface area contributed by atoms with Gasteiger partial charge in [-0.05, 0) is 62.8 Å². The predicted octanol–water partition coefficient (Wildman–Crippen LogP) is 2.81. The van der Waals surface area contributed by atoms with Crippen LogP contribution in [0.15, 0.2) is 24.5 Å². The van der Waals surface area contributed by atoms with Crippen molar-refractivity contribution in [3.05, 3.63) is 30.1 Å². The zero-order valence-corrected chi connectivity index (χ0v) is 12.1. The lowest BCUT2D eigenvalue weighted by Gasteiger charge is -2.28. The van der Waals surface area contributed by atoms with Crippen LogP contribution in [0.25, 0.3) is 0 Å². The molecule has 0 bridgehead atoms. The Hall–Kier alpha value is -0.930. The van der Waals surface area contributed by atoms with Crippen LogP contribution in [-0.4, -0.2) is 30.3 Å². The van der Waals surface area contributed by atoms with Crippen LogP contribution in [0.5, 0.6) is 0 Å². The van der Waals surface area contributed by atoms with Crippen molar-refractivity contribution in [2.24, 2.45) is 5.92 Å². The van der Waals surface area contributed by atoms with Gasteiger partial charge in [0.1, 0.15) is 0 Å². The Bertz CT molecular complexity index is 351. The highest BCUT2D eigenvalue weighted by atomic mass is 16.5. The number of aromatic nitrogens is 1. The van der Waals surface area contributed by atoms with Gasteiger partial charge in [0.25, 0.3) is 0 Å². The van der Waals surface area contributed by atoms with E-state index in [1.807, 2.05) is 12.4 Å². The topological polar surface area (TPSA) is 34.2 Å². The van der Waals surface area contributed by atoms with E-state index in [2.05, 4.69) is 36.3 Å². The molecule has 3 heteroatoms. The van der Waals surface area contributed by atoms with Crippen molar-refractivity contribution >= 4 is 0 Å². The molecule has 19 heavy (non-hydrogen) atoms. The van der Waals surface area contributed by atoms with Crippen molar-refractivity contribution in [1.82, 2.24) is 10.3 Å². The molecule has 1 saturated carbocycles. The van der Waals surface area contributed by atoms with Gasteiger partial charge in [-0.2, -0.15) is 0 Å². The van der Waals surface area contributed by atoms with Crippen LogP contribution in [0.1, 0.15) is 38.7 Å². The van der Waals surface area contributed by atoms with E-state index in [-0.39, 0.29) is 0 Å². The molecule has 1 fully saturated rings. The summed E-state index contributed by atoms with van der Waals surface area (Å²) in [5.74, 6) is 0.760. The Kier molecular flexibility index (Phi) is 5.80. The second-order valence-corrected chi connectivity index (χ2v) is 5.38. The van der Waals surface area contributed by atoms with E-state index in [1.165, 1.54) is 18.4 Å². The van der Waals surface area contributed by atoms with Crippen LogP contribution in [0.4, 0.5) is 0 Å². The maximum atomic E-state index is 6.02. The minimum atomic E-state index is 0.365. The van der Waals surface area contributed by atoms with Gasteiger partial charge in [-0.15, -0.1) is 0 Å². The molecule has 2 atom stereocenters. The quantitative estimate of drug-likeness (QED) is 0.743. The molecular formula is C16H26N2O. The van der Waals surface area contributed by atoms with Crippen molar-refractivity contribution < 1.29 is 4.74 Å². The van der Waals surface area contributed by atoms with Crippen molar-refractivity contribution in [1.29, 1.82) is 0 Å². The van der Waals surface area contributed by atoms with Crippen molar-refractivity contribution in [2.45, 2.75) is 51.7 Å². The molecule has 0 radical (unpaired) electrons. The first kappa shape index (κ1) is 14.5. The molecule has 2 unspecified atom stereocenters. The zero-order valence-electron chi connectivity index (χ0n) is 12.1. The first-order valence-corrected chi connectivity index (χ1v) is 7.59. The molecule has 1 aliphatic carbocycles. The molecule has 106 valence electrons. The Morgan fingerprint density at radius 2 is 2.05 bits per heavy atom. The van der Waals surface area contributed by atoms with E-state index in [1.54, 1.807) is 0 Å². The van der Waals surface area contributed by atoms with Gasteiger partial charge >= 0.3 is 0 Å². The number of ether oxygens (including phenoxy) is 1. The molecule has 0 aliphatic heterocycles. The second-order valence-electron chi connectivity index (χ2n) is 5.38. The molecule has 1 aliphatic rings. The van der Waals surface area contributed by atoms with E-state index in [4.69, 9.17) is 4.74 Å². The van der Waals surface area contributed by atoms with Crippen molar-refractivity contribution in [3.63, 3.8) is 0 Å². The van der Waals surface area contributed by atoms with Crippen LogP contribution in [0, 0.1) is 5.92 Å². The van der Waals surface area contributed by atoms with Gasteiger partial charge in [0.15, 0.2) is 0 Å². The van der Waals surface area contributed by atoms with Gasteiger partial charge in [0, 0.05) is 25.0 Å². The fourth-order valence-electron chi connectivity index (χ4n) is 2.60. The third kappa shape index (κ3) is 4.59. The Balaban J connectivity index is 2.00. The minimum absolute atomic E-state index is 0.365. The summed E-state index contributed by atoms with van der Waals surface area (Å²) in [4.78, 5) is 4.09. The highest BCUT2D eigenvalue weighted by Gasteiger charge is 2.36. The minimum Gasteiger partial charge on any atom is -0.377 e. The Morgan fingerprint density at radius 3 is 2.63 bits per heavy atom. The average Bonchev–Trinajstić information content (AvgIpc) is 3.27. The lowest BCUT2D eigenvalue weighted by Crippen LogP contribution is -2.44. The lowest BCUT2D eigenvalue weighted by molar-refractivity contribution is 0.0192. The fourth-order valence-corrected chi connectivity index (χ4v) is 2.60. The maximum absolute atomic E-state index is 6.02. The van der Waals surface area contributed by atoms with Gasteiger partial charge < -0.3 is 10.1 Å². The summed E-state index contributed by atoms with van der Waals surface area (Å²) in [7, 11) is 0. The smallest absolute Gasteiger partial charge is 0.0759 e. The van der Waals surface area contributed by atoms with Gasteiger partial charge in [-0.25, -0.2) is 0 Å². The normalized spacial score (nSPS) is 18.2. The summed E-state index contributed by atoms with van der Waals surface area (Å²) in [6.07, 6.45) is 8.96. The molecule has 1 N–H and O–H groups in total. The molecule has 0 amide bonds. The summed E-state index contributed by atoms with van der Waals surface area (Å²) in [6.45, 7) is 6.18. The van der Waals surface area contributed by atoms with E-state index >= 15 is 0 Å². The largest absolute Gasteiger partial charge is 0.377 e. The number of nitrogens with zero attached hydrogens (tertiary/aromatic N) is 1. The second kappa shape index (κ2) is 7.61. The number of pyridine rings is 1. The fraction of sp³-hybridized carbons (Fsp3) is 0.688. The summed E-state index contributed by atoms with van der Waals surface area (Å²) >= 11 is 0. The number of rotatable bonds is 9. The molecule has 1 aromatic rings. The first-order valence-electron chi connectivity index (χ1n) is 7.59. The summed E-state index contributed by atoms with van der Waals surface area (Å²) < 4.78 is 6.02. The van der Waals surface area contributed by atoms with Crippen molar-refractivity contribution in [3.8, 4) is 0 Å². The number of nitrogens with one attached hydrogen (secondary N) is 1. The maximum Gasteiger partial charge on any atom is 0.0759 e. The molecule has 0 aromatic carbocycles. The van der Waals surface area contributed by atoms with Gasteiger partial charge in [-0.1, -0.05) is 6.92 Å². The highest BCUT2D eigenvalue weighted by molar-refractivity contribution is 5.12. The molecule has 1 aromatic heterocycles. The average molecular weight is 262 g/mol. The third-order valence-electron chi connectivity index (χ3n) is 3.70. The number of hydrogen-bond acceptors (Lipinski definition) is 3. The molecule has 0 saturated heterocycles. The standard InChI is InChI=1S/C16H26N2O/c1-3-9-18-15(12-13-7-10-17-11-8-13)16(19-4-2)14-5-6-14/h7-8,10-11,14-16,18H,3-6,9,12H2,1-2H3.